The highest BCUT2D eigenvalue weighted by Crippen LogP contribution is 2.35. The maximum absolute atomic E-state index is 12.5. The summed E-state index contributed by atoms with van der Waals surface area (Å²) in [6.45, 7) is 0.179. The molecule has 1 aromatic rings. The van der Waals surface area contributed by atoms with E-state index in [2.05, 4.69) is 10.6 Å². The zero-order chi connectivity index (χ0) is 16.2. The summed E-state index contributed by atoms with van der Waals surface area (Å²) in [7, 11) is 0. The lowest BCUT2D eigenvalue weighted by atomic mass is 9.72. The molecule has 3 N–H and O–H groups in total. The number of rotatable bonds is 4. The molecule has 2 amide bonds. The second-order valence-corrected chi connectivity index (χ2v) is 6.60. The van der Waals surface area contributed by atoms with Crippen LogP contribution in [0.5, 0.6) is 0 Å². The molecule has 5 nitrogen and oxygen atoms in total. The van der Waals surface area contributed by atoms with Gasteiger partial charge in [-0.05, 0) is 24.3 Å². The summed E-state index contributed by atoms with van der Waals surface area (Å²) in [5, 5.41) is 16.0. The number of hydrogen-bond donors (Lipinski definition) is 3. The van der Waals surface area contributed by atoms with Crippen LogP contribution in [0.2, 0.25) is 0 Å². The SMILES string of the molecule is O=C1CC(C(=O)NCC(O)c2ccccc2)C2CCCCC2N1. The van der Waals surface area contributed by atoms with Crippen LogP contribution in [0.15, 0.2) is 30.3 Å². The quantitative estimate of drug-likeness (QED) is 0.788. The van der Waals surface area contributed by atoms with E-state index in [9.17, 15) is 14.7 Å². The van der Waals surface area contributed by atoms with Crippen LogP contribution in [0, 0.1) is 11.8 Å². The average Bonchev–Trinajstić information content (AvgIpc) is 2.59. The van der Waals surface area contributed by atoms with Crippen LogP contribution >= 0.6 is 0 Å². The summed E-state index contributed by atoms with van der Waals surface area (Å²) in [4.78, 5) is 24.4. The van der Waals surface area contributed by atoms with E-state index in [1.54, 1.807) is 0 Å². The third kappa shape index (κ3) is 3.72. The lowest BCUT2D eigenvalue weighted by molar-refractivity contribution is -0.137. The van der Waals surface area contributed by atoms with Crippen molar-refractivity contribution in [2.75, 3.05) is 6.54 Å². The Bertz CT molecular complexity index is 561. The van der Waals surface area contributed by atoms with E-state index in [1.165, 1.54) is 0 Å². The minimum absolute atomic E-state index is 0.0306. The Labute approximate surface area is 136 Å². The number of carbonyl (C=O) groups excluding carboxylic acids is 2. The van der Waals surface area contributed by atoms with Crippen LogP contribution in [0.3, 0.4) is 0 Å². The number of aliphatic hydroxyl groups excluding tert-OH is 1. The van der Waals surface area contributed by atoms with Gasteiger partial charge in [-0.3, -0.25) is 9.59 Å². The van der Waals surface area contributed by atoms with Gasteiger partial charge in [0.15, 0.2) is 0 Å². The summed E-state index contributed by atoms with van der Waals surface area (Å²) in [5.74, 6) is -0.170. The molecule has 1 heterocycles. The van der Waals surface area contributed by atoms with Crippen LogP contribution < -0.4 is 10.6 Å². The highest BCUT2D eigenvalue weighted by Gasteiger charge is 2.41. The fourth-order valence-corrected chi connectivity index (χ4v) is 3.85. The van der Waals surface area contributed by atoms with Crippen LogP contribution in [0.25, 0.3) is 0 Å². The van der Waals surface area contributed by atoms with Gasteiger partial charge >= 0.3 is 0 Å². The Hall–Kier alpha value is -1.88. The summed E-state index contributed by atoms with van der Waals surface area (Å²) in [5.41, 5.74) is 0.782. The normalized spacial score (nSPS) is 28.4. The molecule has 4 atom stereocenters. The van der Waals surface area contributed by atoms with Gasteiger partial charge in [-0.15, -0.1) is 0 Å². The highest BCUT2D eigenvalue weighted by atomic mass is 16.3. The molecule has 1 aromatic carbocycles. The minimum atomic E-state index is -0.722. The molecule has 23 heavy (non-hydrogen) atoms. The lowest BCUT2D eigenvalue weighted by Crippen LogP contribution is -2.54. The van der Waals surface area contributed by atoms with Crippen LogP contribution in [0.4, 0.5) is 0 Å². The summed E-state index contributed by atoms with van der Waals surface area (Å²) >= 11 is 0. The van der Waals surface area contributed by atoms with Gasteiger partial charge in [0.25, 0.3) is 0 Å². The molecule has 4 unspecified atom stereocenters. The molecule has 1 aliphatic carbocycles. The third-order valence-corrected chi connectivity index (χ3v) is 5.08. The summed E-state index contributed by atoms with van der Waals surface area (Å²) in [6, 6.07) is 9.42. The van der Waals surface area contributed by atoms with Crippen LogP contribution in [-0.4, -0.2) is 29.5 Å². The first-order valence-electron chi connectivity index (χ1n) is 8.45. The Balaban J connectivity index is 1.59. The van der Waals surface area contributed by atoms with Crippen molar-refractivity contribution in [3.8, 4) is 0 Å². The van der Waals surface area contributed by atoms with Gasteiger partial charge in [0.2, 0.25) is 11.8 Å². The largest absolute Gasteiger partial charge is 0.387 e. The number of amides is 2. The average molecular weight is 316 g/mol. The number of aliphatic hydroxyl groups is 1. The van der Waals surface area contributed by atoms with Gasteiger partial charge in [0.1, 0.15) is 0 Å². The Morgan fingerprint density at radius 3 is 2.78 bits per heavy atom. The van der Waals surface area contributed by atoms with Gasteiger partial charge in [-0.1, -0.05) is 43.2 Å². The number of benzene rings is 1. The zero-order valence-corrected chi connectivity index (χ0v) is 13.2. The van der Waals surface area contributed by atoms with Crippen LogP contribution in [0.1, 0.15) is 43.8 Å². The van der Waals surface area contributed by atoms with Crippen molar-refractivity contribution < 1.29 is 14.7 Å². The van der Waals surface area contributed by atoms with Crippen LogP contribution in [-0.2, 0) is 9.59 Å². The molecule has 1 saturated carbocycles. The molecule has 0 bridgehead atoms. The lowest BCUT2D eigenvalue weighted by Gasteiger charge is -2.40. The number of nitrogens with one attached hydrogen (secondary N) is 2. The smallest absolute Gasteiger partial charge is 0.224 e. The summed E-state index contributed by atoms with van der Waals surface area (Å²) < 4.78 is 0. The first kappa shape index (κ1) is 16.0. The topological polar surface area (TPSA) is 78.4 Å². The van der Waals surface area contributed by atoms with E-state index in [1.807, 2.05) is 30.3 Å². The number of hydrogen-bond acceptors (Lipinski definition) is 3. The molecule has 2 fully saturated rings. The maximum Gasteiger partial charge on any atom is 0.224 e. The number of carbonyl (C=O) groups is 2. The molecular formula is C18H24N2O3. The highest BCUT2D eigenvalue weighted by molar-refractivity contribution is 5.87. The zero-order valence-electron chi connectivity index (χ0n) is 13.2. The first-order chi connectivity index (χ1) is 11.1. The molecule has 0 aromatic heterocycles. The first-order valence-corrected chi connectivity index (χ1v) is 8.45. The van der Waals surface area contributed by atoms with Crippen molar-refractivity contribution in [1.29, 1.82) is 0 Å². The van der Waals surface area contributed by atoms with Crippen molar-refractivity contribution >= 4 is 11.8 Å². The molecular weight excluding hydrogens is 292 g/mol. The maximum atomic E-state index is 12.5. The van der Waals surface area contributed by atoms with Crippen molar-refractivity contribution in [3.63, 3.8) is 0 Å². The predicted octanol–water partition coefficient (Wildman–Crippen LogP) is 1.53. The molecule has 5 heteroatoms. The standard InChI is InChI=1S/C18H24N2O3/c21-16(12-6-2-1-3-7-12)11-19-18(23)14-10-17(22)20-15-9-5-4-8-13(14)15/h1-3,6-7,13-16,21H,4-5,8-11H2,(H,19,23)(H,20,22). The monoisotopic (exact) mass is 316 g/mol. The molecule has 3 rings (SSSR count). The molecule has 0 spiro atoms. The third-order valence-electron chi connectivity index (χ3n) is 5.08. The van der Waals surface area contributed by atoms with Gasteiger partial charge in [0, 0.05) is 19.0 Å². The predicted molar refractivity (Wildman–Crippen MR) is 86.4 cm³/mol. The van der Waals surface area contributed by atoms with E-state index in [0.717, 1.165) is 31.2 Å². The second kappa shape index (κ2) is 7.13. The molecule has 0 radical (unpaired) electrons. The Kier molecular flexibility index (Phi) is 4.96. The van der Waals surface area contributed by atoms with Gasteiger partial charge in [-0.2, -0.15) is 0 Å². The number of piperidine rings is 1. The number of fused-ring (bicyclic) bond motifs is 1. The van der Waals surface area contributed by atoms with E-state index in [0.29, 0.717) is 0 Å². The molecule has 2 aliphatic rings. The fourth-order valence-electron chi connectivity index (χ4n) is 3.85. The van der Waals surface area contributed by atoms with Crippen molar-refractivity contribution in [2.24, 2.45) is 11.8 Å². The van der Waals surface area contributed by atoms with Crippen molar-refractivity contribution in [1.82, 2.24) is 10.6 Å². The van der Waals surface area contributed by atoms with Crippen molar-refractivity contribution in [2.45, 2.75) is 44.2 Å². The van der Waals surface area contributed by atoms with E-state index in [-0.39, 0.29) is 42.7 Å². The van der Waals surface area contributed by atoms with Gasteiger partial charge in [0.05, 0.1) is 12.0 Å². The Morgan fingerprint density at radius 2 is 2.00 bits per heavy atom. The minimum Gasteiger partial charge on any atom is -0.387 e. The van der Waals surface area contributed by atoms with E-state index in [4.69, 9.17) is 0 Å². The Morgan fingerprint density at radius 1 is 1.26 bits per heavy atom. The van der Waals surface area contributed by atoms with E-state index >= 15 is 0 Å². The fraction of sp³-hybridized carbons (Fsp3) is 0.556. The molecule has 1 saturated heterocycles. The summed E-state index contributed by atoms with van der Waals surface area (Å²) in [6.07, 6.45) is 3.72. The van der Waals surface area contributed by atoms with Crippen molar-refractivity contribution in [3.05, 3.63) is 35.9 Å². The molecule has 1 aliphatic heterocycles. The second-order valence-electron chi connectivity index (χ2n) is 6.60. The van der Waals surface area contributed by atoms with E-state index < -0.39 is 6.10 Å². The molecule has 124 valence electrons. The van der Waals surface area contributed by atoms with Gasteiger partial charge in [-0.25, -0.2) is 0 Å². The van der Waals surface area contributed by atoms with Gasteiger partial charge < -0.3 is 15.7 Å².